The van der Waals surface area contributed by atoms with Gasteiger partial charge in [-0.3, -0.25) is 5.21 Å². The minimum absolute atomic E-state index is 0.140. The van der Waals surface area contributed by atoms with Gasteiger partial charge in [-0.15, -0.1) is 0 Å². The van der Waals surface area contributed by atoms with E-state index in [2.05, 4.69) is 17.4 Å². The van der Waals surface area contributed by atoms with Gasteiger partial charge in [0, 0.05) is 0 Å². The quantitative estimate of drug-likeness (QED) is 0.376. The highest BCUT2D eigenvalue weighted by Crippen LogP contribution is 2.01. The molecule has 0 aliphatic rings. The van der Waals surface area contributed by atoms with E-state index in [1.807, 2.05) is 18.2 Å². The van der Waals surface area contributed by atoms with E-state index in [1.165, 1.54) is 5.56 Å². The van der Waals surface area contributed by atoms with Gasteiger partial charge < -0.3 is 10.4 Å². The standard InChI is InChI=1S/C13H20N2O3/c16-13(17)15(18)11-5-10-14-9-4-8-12-6-2-1-3-7-12/h1-3,6-7,14,18H,4-5,8-11H2,(H,16,17). The van der Waals surface area contributed by atoms with Crippen LogP contribution in [-0.4, -0.2) is 41.1 Å². The number of carboxylic acid groups (broad SMARTS) is 1. The Morgan fingerprint density at radius 2 is 1.83 bits per heavy atom. The van der Waals surface area contributed by atoms with Gasteiger partial charge in [-0.2, -0.15) is 5.06 Å². The lowest BCUT2D eigenvalue weighted by atomic mass is 10.1. The number of nitrogens with one attached hydrogen (secondary N) is 1. The number of amides is 1. The van der Waals surface area contributed by atoms with Gasteiger partial charge in [0.2, 0.25) is 0 Å². The van der Waals surface area contributed by atoms with Crippen molar-refractivity contribution in [2.24, 2.45) is 0 Å². The van der Waals surface area contributed by atoms with E-state index < -0.39 is 6.09 Å². The molecular formula is C13H20N2O3. The summed E-state index contributed by atoms with van der Waals surface area (Å²) in [6, 6.07) is 10.3. The van der Waals surface area contributed by atoms with E-state index in [0.717, 1.165) is 19.4 Å². The molecule has 3 N–H and O–H groups in total. The molecular weight excluding hydrogens is 232 g/mol. The fraction of sp³-hybridized carbons (Fsp3) is 0.462. The van der Waals surface area contributed by atoms with Crippen LogP contribution in [0.4, 0.5) is 4.79 Å². The highest BCUT2D eigenvalue weighted by molar-refractivity contribution is 5.63. The van der Waals surface area contributed by atoms with Gasteiger partial charge in [-0.05, 0) is 37.9 Å². The third kappa shape index (κ3) is 6.22. The number of rotatable bonds is 8. The number of nitrogens with zero attached hydrogens (tertiary/aromatic N) is 1. The van der Waals surface area contributed by atoms with Gasteiger partial charge in [-0.25, -0.2) is 4.79 Å². The van der Waals surface area contributed by atoms with Crippen molar-refractivity contribution < 1.29 is 15.1 Å². The molecule has 0 bridgehead atoms. The molecule has 0 atom stereocenters. The highest BCUT2D eigenvalue weighted by Gasteiger charge is 2.05. The zero-order valence-corrected chi connectivity index (χ0v) is 10.4. The molecule has 0 fully saturated rings. The second-order valence-electron chi connectivity index (χ2n) is 4.10. The summed E-state index contributed by atoms with van der Waals surface area (Å²) in [5.74, 6) is 0. The van der Waals surface area contributed by atoms with Gasteiger partial charge in [0.1, 0.15) is 0 Å². The van der Waals surface area contributed by atoms with E-state index in [4.69, 9.17) is 10.3 Å². The van der Waals surface area contributed by atoms with Crippen molar-refractivity contribution in [2.75, 3.05) is 19.6 Å². The van der Waals surface area contributed by atoms with Crippen LogP contribution in [0, 0.1) is 0 Å². The Balaban J connectivity index is 1.95. The van der Waals surface area contributed by atoms with Crippen LogP contribution in [0.5, 0.6) is 0 Å². The van der Waals surface area contributed by atoms with E-state index in [0.29, 0.717) is 18.0 Å². The molecule has 5 heteroatoms. The number of hydrogen-bond donors (Lipinski definition) is 3. The summed E-state index contributed by atoms with van der Waals surface area (Å²) in [6.07, 6.45) is 1.38. The predicted molar refractivity (Wildman–Crippen MR) is 68.8 cm³/mol. The number of aryl methyl sites for hydroxylation is 1. The first-order valence-electron chi connectivity index (χ1n) is 6.14. The molecule has 0 saturated carbocycles. The third-order valence-electron chi connectivity index (χ3n) is 2.61. The number of benzene rings is 1. The average molecular weight is 252 g/mol. The lowest BCUT2D eigenvalue weighted by Crippen LogP contribution is -2.29. The van der Waals surface area contributed by atoms with Crippen LogP contribution < -0.4 is 5.32 Å². The van der Waals surface area contributed by atoms with Crippen molar-refractivity contribution in [1.29, 1.82) is 0 Å². The fourth-order valence-corrected chi connectivity index (χ4v) is 1.64. The summed E-state index contributed by atoms with van der Waals surface area (Å²) in [5.41, 5.74) is 1.33. The molecule has 100 valence electrons. The van der Waals surface area contributed by atoms with E-state index in [1.54, 1.807) is 0 Å². The van der Waals surface area contributed by atoms with Crippen LogP contribution >= 0.6 is 0 Å². The highest BCUT2D eigenvalue weighted by atomic mass is 16.6. The van der Waals surface area contributed by atoms with Gasteiger partial charge >= 0.3 is 6.09 Å². The van der Waals surface area contributed by atoms with Crippen LogP contribution in [0.1, 0.15) is 18.4 Å². The number of hydroxylamine groups is 2. The normalized spacial score (nSPS) is 10.3. The molecule has 1 aromatic carbocycles. The molecule has 0 spiro atoms. The van der Waals surface area contributed by atoms with E-state index >= 15 is 0 Å². The molecule has 0 unspecified atom stereocenters. The maximum atomic E-state index is 10.3. The van der Waals surface area contributed by atoms with Crippen molar-refractivity contribution in [2.45, 2.75) is 19.3 Å². The lowest BCUT2D eigenvalue weighted by Gasteiger charge is -2.10. The molecule has 1 amide bonds. The molecule has 0 radical (unpaired) electrons. The Morgan fingerprint density at radius 1 is 1.17 bits per heavy atom. The summed E-state index contributed by atoms with van der Waals surface area (Å²) in [5, 5.41) is 20.8. The molecule has 1 rings (SSSR count). The Hall–Kier alpha value is -1.59. The smallest absolute Gasteiger partial charge is 0.431 e. The summed E-state index contributed by atoms with van der Waals surface area (Å²) in [4.78, 5) is 10.3. The molecule has 0 aliphatic heterocycles. The van der Waals surface area contributed by atoms with Gasteiger partial charge in [0.15, 0.2) is 0 Å². The molecule has 18 heavy (non-hydrogen) atoms. The van der Waals surface area contributed by atoms with Crippen molar-refractivity contribution in [3.8, 4) is 0 Å². The SMILES string of the molecule is O=C(O)N(O)CCCNCCCc1ccccc1. The van der Waals surface area contributed by atoms with Crippen molar-refractivity contribution in [3.63, 3.8) is 0 Å². The topological polar surface area (TPSA) is 72.8 Å². The minimum atomic E-state index is -1.31. The molecule has 0 saturated heterocycles. The van der Waals surface area contributed by atoms with Crippen LogP contribution in [0.3, 0.4) is 0 Å². The Morgan fingerprint density at radius 3 is 2.50 bits per heavy atom. The minimum Gasteiger partial charge on any atom is -0.463 e. The fourth-order valence-electron chi connectivity index (χ4n) is 1.64. The number of hydrogen-bond acceptors (Lipinski definition) is 3. The Labute approximate surface area is 107 Å². The van der Waals surface area contributed by atoms with E-state index in [9.17, 15) is 4.79 Å². The van der Waals surface area contributed by atoms with Gasteiger partial charge in [0.05, 0.1) is 6.54 Å². The van der Waals surface area contributed by atoms with Gasteiger partial charge in [0.25, 0.3) is 0 Å². The van der Waals surface area contributed by atoms with Crippen molar-refractivity contribution in [1.82, 2.24) is 10.4 Å². The molecule has 1 aromatic rings. The summed E-state index contributed by atoms with van der Waals surface area (Å²) >= 11 is 0. The number of carbonyl (C=O) groups is 1. The summed E-state index contributed by atoms with van der Waals surface area (Å²) in [6.45, 7) is 1.74. The van der Waals surface area contributed by atoms with Gasteiger partial charge in [-0.1, -0.05) is 30.3 Å². The largest absolute Gasteiger partial charge is 0.463 e. The molecule has 0 heterocycles. The third-order valence-corrected chi connectivity index (χ3v) is 2.61. The second kappa shape index (κ2) is 8.49. The lowest BCUT2D eigenvalue weighted by molar-refractivity contribution is -0.0640. The van der Waals surface area contributed by atoms with Crippen LogP contribution in [-0.2, 0) is 6.42 Å². The average Bonchev–Trinajstić information content (AvgIpc) is 2.38. The monoisotopic (exact) mass is 252 g/mol. The first-order chi connectivity index (χ1) is 8.70. The zero-order valence-electron chi connectivity index (χ0n) is 10.4. The Bertz CT molecular complexity index is 343. The maximum Gasteiger partial charge on any atom is 0.431 e. The Kier molecular flexibility index (Phi) is 6.83. The summed E-state index contributed by atoms with van der Waals surface area (Å²) < 4.78 is 0. The maximum absolute atomic E-state index is 10.3. The van der Waals surface area contributed by atoms with Crippen molar-refractivity contribution in [3.05, 3.63) is 35.9 Å². The predicted octanol–water partition coefficient (Wildman–Crippen LogP) is 1.97. The van der Waals surface area contributed by atoms with Crippen LogP contribution in [0.25, 0.3) is 0 Å². The van der Waals surface area contributed by atoms with E-state index in [-0.39, 0.29) is 6.54 Å². The summed E-state index contributed by atoms with van der Waals surface area (Å²) in [7, 11) is 0. The first kappa shape index (κ1) is 14.5. The van der Waals surface area contributed by atoms with Crippen molar-refractivity contribution >= 4 is 6.09 Å². The molecule has 5 nitrogen and oxygen atoms in total. The van der Waals surface area contributed by atoms with Crippen LogP contribution in [0.15, 0.2) is 30.3 Å². The molecule has 0 aromatic heterocycles. The molecule has 0 aliphatic carbocycles. The first-order valence-corrected chi connectivity index (χ1v) is 6.14. The zero-order chi connectivity index (χ0) is 13.2. The van der Waals surface area contributed by atoms with Crippen LogP contribution in [0.2, 0.25) is 0 Å². The second-order valence-corrected chi connectivity index (χ2v) is 4.10.